The summed E-state index contributed by atoms with van der Waals surface area (Å²) in [6, 6.07) is 12.2. The van der Waals surface area contributed by atoms with Gasteiger partial charge in [-0.25, -0.2) is 4.79 Å². The van der Waals surface area contributed by atoms with E-state index in [2.05, 4.69) is 15.9 Å². The van der Waals surface area contributed by atoms with Crippen LogP contribution in [0.15, 0.2) is 46.9 Å². The molecular formula is C14H9BrCl2O2. The number of hydrogen-bond acceptors (Lipinski definition) is 2. The van der Waals surface area contributed by atoms with Gasteiger partial charge in [0.25, 0.3) is 0 Å². The van der Waals surface area contributed by atoms with Crippen molar-refractivity contribution in [3.05, 3.63) is 68.1 Å². The van der Waals surface area contributed by atoms with E-state index in [9.17, 15) is 4.79 Å². The highest BCUT2D eigenvalue weighted by Crippen LogP contribution is 2.23. The lowest BCUT2D eigenvalue weighted by atomic mass is 10.2. The Bertz CT molecular complexity index is 614. The normalized spacial score (nSPS) is 10.3. The lowest BCUT2D eigenvalue weighted by Gasteiger charge is -2.06. The third-order valence-electron chi connectivity index (χ3n) is 2.41. The van der Waals surface area contributed by atoms with Gasteiger partial charge in [-0.3, -0.25) is 0 Å². The SMILES string of the molecule is O=C(OCc1cccc(Br)c1)c1ccc(Cl)c(Cl)c1. The number of rotatable bonds is 3. The van der Waals surface area contributed by atoms with E-state index < -0.39 is 5.97 Å². The number of carbonyl (C=O) groups is 1. The summed E-state index contributed by atoms with van der Waals surface area (Å²) in [5.41, 5.74) is 1.28. The maximum atomic E-state index is 11.8. The highest BCUT2D eigenvalue weighted by molar-refractivity contribution is 9.10. The molecule has 0 aliphatic carbocycles. The van der Waals surface area contributed by atoms with Crippen LogP contribution in [0.1, 0.15) is 15.9 Å². The minimum Gasteiger partial charge on any atom is -0.457 e. The third kappa shape index (κ3) is 3.96. The summed E-state index contributed by atoms with van der Waals surface area (Å²) in [5.74, 6) is -0.432. The molecule has 98 valence electrons. The Morgan fingerprint density at radius 2 is 1.89 bits per heavy atom. The van der Waals surface area contributed by atoms with Crippen LogP contribution in [0.5, 0.6) is 0 Å². The van der Waals surface area contributed by atoms with Crippen molar-refractivity contribution < 1.29 is 9.53 Å². The van der Waals surface area contributed by atoms with Crippen molar-refractivity contribution in [2.75, 3.05) is 0 Å². The molecule has 0 radical (unpaired) electrons. The Kier molecular flexibility index (Phi) is 4.86. The van der Waals surface area contributed by atoms with Crippen LogP contribution in [0.25, 0.3) is 0 Å². The van der Waals surface area contributed by atoms with Crippen LogP contribution in [-0.2, 0) is 11.3 Å². The molecule has 2 aromatic carbocycles. The van der Waals surface area contributed by atoms with E-state index in [1.54, 1.807) is 12.1 Å². The fourth-order valence-corrected chi connectivity index (χ4v) is 2.23. The molecule has 0 unspecified atom stereocenters. The maximum absolute atomic E-state index is 11.8. The molecule has 0 heterocycles. The molecule has 0 spiro atoms. The van der Waals surface area contributed by atoms with E-state index in [-0.39, 0.29) is 6.61 Å². The minimum absolute atomic E-state index is 0.207. The second kappa shape index (κ2) is 6.42. The second-order valence-corrected chi connectivity index (χ2v) is 5.57. The summed E-state index contributed by atoms with van der Waals surface area (Å²) in [7, 11) is 0. The van der Waals surface area contributed by atoms with Crippen molar-refractivity contribution in [3.8, 4) is 0 Å². The Morgan fingerprint density at radius 1 is 1.11 bits per heavy atom. The molecule has 0 aliphatic rings. The first-order valence-corrected chi connectivity index (χ1v) is 6.98. The Morgan fingerprint density at radius 3 is 2.58 bits per heavy atom. The van der Waals surface area contributed by atoms with Gasteiger partial charge >= 0.3 is 5.97 Å². The highest BCUT2D eigenvalue weighted by atomic mass is 79.9. The van der Waals surface area contributed by atoms with Crippen molar-refractivity contribution >= 4 is 45.1 Å². The standard InChI is InChI=1S/C14H9BrCl2O2/c15-11-3-1-2-9(6-11)8-19-14(18)10-4-5-12(16)13(17)7-10/h1-7H,8H2. The predicted octanol–water partition coefficient (Wildman–Crippen LogP) is 5.11. The average molecular weight is 360 g/mol. The molecule has 0 aromatic heterocycles. The summed E-state index contributed by atoms with van der Waals surface area (Å²) in [6.45, 7) is 0.207. The molecule has 0 atom stereocenters. The van der Waals surface area contributed by atoms with Gasteiger partial charge in [0.1, 0.15) is 6.61 Å². The van der Waals surface area contributed by atoms with Crippen LogP contribution in [0.4, 0.5) is 0 Å². The van der Waals surface area contributed by atoms with E-state index in [0.29, 0.717) is 15.6 Å². The fraction of sp³-hybridized carbons (Fsp3) is 0.0714. The summed E-state index contributed by atoms with van der Waals surface area (Å²) in [6.07, 6.45) is 0. The van der Waals surface area contributed by atoms with Crippen LogP contribution < -0.4 is 0 Å². The molecule has 2 aromatic rings. The van der Waals surface area contributed by atoms with Gasteiger partial charge in [0.05, 0.1) is 15.6 Å². The predicted molar refractivity (Wildman–Crippen MR) is 79.7 cm³/mol. The van der Waals surface area contributed by atoms with Crippen molar-refractivity contribution in [2.24, 2.45) is 0 Å². The lowest BCUT2D eigenvalue weighted by molar-refractivity contribution is 0.0472. The van der Waals surface area contributed by atoms with Gasteiger partial charge in [-0.05, 0) is 35.9 Å². The fourth-order valence-electron chi connectivity index (χ4n) is 1.48. The second-order valence-electron chi connectivity index (χ2n) is 3.83. The molecule has 0 aliphatic heterocycles. The Labute approximate surface area is 129 Å². The van der Waals surface area contributed by atoms with Crippen molar-refractivity contribution in [1.29, 1.82) is 0 Å². The zero-order valence-electron chi connectivity index (χ0n) is 9.70. The average Bonchev–Trinajstić information content (AvgIpc) is 2.39. The van der Waals surface area contributed by atoms with Gasteiger partial charge in [-0.2, -0.15) is 0 Å². The topological polar surface area (TPSA) is 26.3 Å². The first kappa shape index (κ1) is 14.4. The molecular weight excluding hydrogens is 351 g/mol. The van der Waals surface area contributed by atoms with Gasteiger partial charge in [0.15, 0.2) is 0 Å². The van der Waals surface area contributed by atoms with Crippen LogP contribution in [0.2, 0.25) is 10.0 Å². The van der Waals surface area contributed by atoms with Crippen LogP contribution in [-0.4, -0.2) is 5.97 Å². The summed E-state index contributed by atoms with van der Waals surface area (Å²) < 4.78 is 6.14. The molecule has 19 heavy (non-hydrogen) atoms. The number of hydrogen-bond donors (Lipinski definition) is 0. The van der Waals surface area contributed by atoms with Crippen molar-refractivity contribution in [2.45, 2.75) is 6.61 Å². The zero-order chi connectivity index (χ0) is 13.8. The van der Waals surface area contributed by atoms with Crippen LogP contribution in [0.3, 0.4) is 0 Å². The molecule has 2 rings (SSSR count). The molecule has 0 saturated carbocycles. The number of carbonyl (C=O) groups excluding carboxylic acids is 1. The molecule has 2 nitrogen and oxygen atoms in total. The molecule has 0 bridgehead atoms. The molecule has 0 N–H and O–H groups in total. The maximum Gasteiger partial charge on any atom is 0.338 e. The zero-order valence-corrected chi connectivity index (χ0v) is 12.8. The smallest absolute Gasteiger partial charge is 0.338 e. The molecule has 5 heteroatoms. The highest BCUT2D eigenvalue weighted by Gasteiger charge is 2.09. The van der Waals surface area contributed by atoms with Crippen molar-refractivity contribution in [3.63, 3.8) is 0 Å². The Hall–Kier alpha value is -1.03. The van der Waals surface area contributed by atoms with Gasteiger partial charge < -0.3 is 4.74 Å². The van der Waals surface area contributed by atoms with E-state index >= 15 is 0 Å². The summed E-state index contributed by atoms with van der Waals surface area (Å²) in [4.78, 5) is 11.8. The summed E-state index contributed by atoms with van der Waals surface area (Å²) >= 11 is 15.0. The molecule has 0 amide bonds. The largest absolute Gasteiger partial charge is 0.457 e. The van der Waals surface area contributed by atoms with E-state index in [0.717, 1.165) is 10.0 Å². The van der Waals surface area contributed by atoms with E-state index in [1.165, 1.54) is 6.07 Å². The van der Waals surface area contributed by atoms with Crippen LogP contribution >= 0.6 is 39.1 Å². The number of halogens is 3. The summed E-state index contributed by atoms with van der Waals surface area (Å²) in [5, 5.41) is 0.740. The number of ether oxygens (including phenoxy) is 1. The number of esters is 1. The van der Waals surface area contributed by atoms with Gasteiger partial charge in [0.2, 0.25) is 0 Å². The van der Waals surface area contributed by atoms with Crippen LogP contribution in [0, 0.1) is 0 Å². The first-order chi connectivity index (χ1) is 9.06. The monoisotopic (exact) mass is 358 g/mol. The quantitative estimate of drug-likeness (QED) is 0.711. The first-order valence-electron chi connectivity index (χ1n) is 5.43. The molecule has 0 saturated heterocycles. The minimum atomic E-state index is -0.432. The lowest BCUT2D eigenvalue weighted by Crippen LogP contribution is -2.05. The third-order valence-corrected chi connectivity index (χ3v) is 3.65. The van der Waals surface area contributed by atoms with Crippen molar-refractivity contribution in [1.82, 2.24) is 0 Å². The molecule has 0 fully saturated rings. The van der Waals surface area contributed by atoms with E-state index in [4.69, 9.17) is 27.9 Å². The van der Waals surface area contributed by atoms with E-state index in [1.807, 2.05) is 24.3 Å². The van der Waals surface area contributed by atoms with Gasteiger partial charge in [-0.15, -0.1) is 0 Å². The number of benzene rings is 2. The Balaban J connectivity index is 2.03. The van der Waals surface area contributed by atoms with Gasteiger partial charge in [-0.1, -0.05) is 51.3 Å². The van der Waals surface area contributed by atoms with Gasteiger partial charge in [0, 0.05) is 4.47 Å².